The molecule has 138 valence electrons. The Bertz CT molecular complexity index is 841. The molecule has 1 aliphatic rings. The van der Waals surface area contributed by atoms with Crippen molar-refractivity contribution in [2.45, 2.75) is 37.4 Å². The SMILES string of the molecule is O=C(O)CC1(NC(=O)c2ccn(-c3cccc(C(F)(F)F)c3)n2)CCC1. The van der Waals surface area contributed by atoms with Gasteiger partial charge in [0.15, 0.2) is 5.69 Å². The minimum absolute atomic E-state index is 0.0130. The third kappa shape index (κ3) is 3.71. The zero-order valence-corrected chi connectivity index (χ0v) is 13.6. The number of halogens is 3. The maximum atomic E-state index is 12.8. The van der Waals surface area contributed by atoms with E-state index in [1.807, 2.05) is 0 Å². The van der Waals surface area contributed by atoms with Gasteiger partial charge < -0.3 is 10.4 Å². The minimum atomic E-state index is -4.48. The molecule has 1 heterocycles. The van der Waals surface area contributed by atoms with Crippen LogP contribution in [0, 0.1) is 0 Å². The zero-order valence-electron chi connectivity index (χ0n) is 13.6. The van der Waals surface area contributed by atoms with E-state index in [1.165, 1.54) is 29.1 Å². The molecule has 0 aliphatic heterocycles. The van der Waals surface area contributed by atoms with Gasteiger partial charge in [0.25, 0.3) is 5.91 Å². The van der Waals surface area contributed by atoms with Gasteiger partial charge >= 0.3 is 12.1 Å². The Kier molecular flexibility index (Phi) is 4.47. The third-order valence-corrected chi connectivity index (χ3v) is 4.44. The predicted octanol–water partition coefficient (Wildman–Crippen LogP) is 3.02. The van der Waals surface area contributed by atoms with Gasteiger partial charge in [-0.1, -0.05) is 6.07 Å². The van der Waals surface area contributed by atoms with Crippen molar-refractivity contribution in [1.82, 2.24) is 15.1 Å². The fourth-order valence-corrected chi connectivity index (χ4v) is 2.96. The number of benzene rings is 1. The number of aromatic nitrogens is 2. The lowest BCUT2D eigenvalue weighted by molar-refractivity contribution is -0.139. The zero-order chi connectivity index (χ0) is 18.9. The van der Waals surface area contributed by atoms with Crippen molar-refractivity contribution in [2.75, 3.05) is 0 Å². The van der Waals surface area contributed by atoms with Crippen molar-refractivity contribution in [3.63, 3.8) is 0 Å². The molecule has 2 aromatic rings. The molecule has 3 rings (SSSR count). The summed E-state index contributed by atoms with van der Waals surface area (Å²) in [5, 5.41) is 15.7. The largest absolute Gasteiger partial charge is 0.481 e. The molecule has 9 heteroatoms. The van der Waals surface area contributed by atoms with E-state index < -0.39 is 29.2 Å². The second-order valence-electron chi connectivity index (χ2n) is 6.35. The number of carbonyl (C=O) groups excluding carboxylic acids is 1. The van der Waals surface area contributed by atoms with Crippen LogP contribution in [0.5, 0.6) is 0 Å². The fraction of sp³-hybridized carbons (Fsp3) is 0.353. The molecule has 26 heavy (non-hydrogen) atoms. The van der Waals surface area contributed by atoms with Crippen molar-refractivity contribution in [2.24, 2.45) is 0 Å². The number of hydrogen-bond acceptors (Lipinski definition) is 3. The van der Waals surface area contributed by atoms with Crippen molar-refractivity contribution < 1.29 is 27.9 Å². The lowest BCUT2D eigenvalue weighted by atomic mass is 9.74. The van der Waals surface area contributed by atoms with Crippen molar-refractivity contribution in [1.29, 1.82) is 0 Å². The Labute approximate surface area is 146 Å². The first-order valence-corrected chi connectivity index (χ1v) is 7.96. The number of carbonyl (C=O) groups is 2. The summed E-state index contributed by atoms with van der Waals surface area (Å²) in [6.07, 6.45) is -1.30. The van der Waals surface area contributed by atoms with E-state index >= 15 is 0 Å². The summed E-state index contributed by atoms with van der Waals surface area (Å²) in [6, 6.07) is 5.97. The lowest BCUT2D eigenvalue weighted by Gasteiger charge is -2.41. The van der Waals surface area contributed by atoms with E-state index in [1.54, 1.807) is 0 Å². The summed E-state index contributed by atoms with van der Waals surface area (Å²) in [5.74, 6) is -1.55. The maximum Gasteiger partial charge on any atom is 0.416 e. The van der Waals surface area contributed by atoms with E-state index in [0.29, 0.717) is 12.8 Å². The van der Waals surface area contributed by atoms with E-state index in [9.17, 15) is 22.8 Å². The van der Waals surface area contributed by atoms with E-state index in [4.69, 9.17) is 5.11 Å². The Morgan fingerprint density at radius 2 is 2.00 bits per heavy atom. The van der Waals surface area contributed by atoms with Crippen LogP contribution in [0.1, 0.15) is 41.7 Å². The molecule has 0 bridgehead atoms. The van der Waals surface area contributed by atoms with Gasteiger partial charge in [-0.15, -0.1) is 0 Å². The monoisotopic (exact) mass is 367 g/mol. The van der Waals surface area contributed by atoms with Crippen molar-refractivity contribution in [3.05, 3.63) is 47.8 Å². The van der Waals surface area contributed by atoms with Gasteiger partial charge in [0, 0.05) is 6.20 Å². The number of carboxylic acid groups (broad SMARTS) is 1. The number of nitrogens with one attached hydrogen (secondary N) is 1. The summed E-state index contributed by atoms with van der Waals surface area (Å²) in [6.45, 7) is 0. The number of nitrogens with zero attached hydrogens (tertiary/aromatic N) is 2. The van der Waals surface area contributed by atoms with Gasteiger partial charge in [0.1, 0.15) is 0 Å². The molecule has 1 aromatic carbocycles. The van der Waals surface area contributed by atoms with Crippen LogP contribution in [0.15, 0.2) is 36.5 Å². The number of amides is 1. The Morgan fingerprint density at radius 3 is 2.58 bits per heavy atom. The molecule has 0 radical (unpaired) electrons. The third-order valence-electron chi connectivity index (χ3n) is 4.44. The second-order valence-corrected chi connectivity index (χ2v) is 6.35. The molecule has 0 unspecified atom stereocenters. The molecule has 1 saturated carbocycles. The quantitative estimate of drug-likeness (QED) is 0.851. The Hall–Kier alpha value is -2.84. The lowest BCUT2D eigenvalue weighted by Crippen LogP contribution is -2.54. The molecule has 1 amide bonds. The van der Waals surface area contributed by atoms with Crippen LogP contribution in [0.3, 0.4) is 0 Å². The first-order valence-electron chi connectivity index (χ1n) is 7.96. The van der Waals surface area contributed by atoms with Crippen LogP contribution in [-0.4, -0.2) is 32.3 Å². The second kappa shape index (κ2) is 6.47. The predicted molar refractivity (Wildman–Crippen MR) is 84.9 cm³/mol. The van der Waals surface area contributed by atoms with E-state index in [2.05, 4.69) is 10.4 Å². The average molecular weight is 367 g/mol. The Morgan fingerprint density at radius 1 is 1.27 bits per heavy atom. The molecule has 6 nitrogen and oxygen atoms in total. The van der Waals surface area contributed by atoms with Crippen LogP contribution >= 0.6 is 0 Å². The molecule has 1 aromatic heterocycles. The van der Waals surface area contributed by atoms with E-state index in [0.717, 1.165) is 18.6 Å². The standard InChI is InChI=1S/C17H16F3N3O3/c18-17(19,20)11-3-1-4-12(9-11)23-8-5-13(22-23)15(26)21-16(6-2-7-16)10-14(24)25/h1,3-5,8-9H,2,6-7,10H2,(H,21,26)(H,24,25). The topological polar surface area (TPSA) is 84.2 Å². The van der Waals surface area contributed by atoms with Crippen LogP contribution in [0.2, 0.25) is 0 Å². The van der Waals surface area contributed by atoms with Crippen LogP contribution in [0.4, 0.5) is 13.2 Å². The summed E-state index contributed by atoms with van der Waals surface area (Å²) in [7, 11) is 0. The molecule has 0 spiro atoms. The number of rotatable bonds is 5. The van der Waals surface area contributed by atoms with Gasteiger partial charge in [-0.25, -0.2) is 4.68 Å². The molecule has 2 N–H and O–H groups in total. The Balaban J connectivity index is 1.78. The summed E-state index contributed by atoms with van der Waals surface area (Å²) in [5.41, 5.74) is -1.41. The van der Waals surface area contributed by atoms with Crippen LogP contribution in [0.25, 0.3) is 5.69 Å². The fourth-order valence-electron chi connectivity index (χ4n) is 2.96. The molecule has 1 fully saturated rings. The summed E-state index contributed by atoms with van der Waals surface area (Å²) < 4.78 is 39.6. The van der Waals surface area contributed by atoms with Gasteiger partial charge in [-0.3, -0.25) is 9.59 Å². The van der Waals surface area contributed by atoms with Crippen LogP contribution in [-0.2, 0) is 11.0 Å². The van der Waals surface area contributed by atoms with Gasteiger partial charge in [-0.05, 0) is 43.5 Å². The number of aliphatic carboxylic acids is 1. The molecule has 0 atom stereocenters. The van der Waals surface area contributed by atoms with Gasteiger partial charge in [-0.2, -0.15) is 18.3 Å². The highest BCUT2D eigenvalue weighted by molar-refractivity contribution is 5.93. The highest BCUT2D eigenvalue weighted by Gasteiger charge is 2.40. The number of carboxylic acids is 1. The smallest absolute Gasteiger partial charge is 0.416 e. The molecule has 0 saturated heterocycles. The first kappa shape index (κ1) is 18.0. The molecular formula is C17H16F3N3O3. The normalized spacial score (nSPS) is 16.0. The highest BCUT2D eigenvalue weighted by Crippen LogP contribution is 2.35. The average Bonchev–Trinajstić information content (AvgIpc) is 3.01. The van der Waals surface area contributed by atoms with Crippen molar-refractivity contribution in [3.8, 4) is 5.69 Å². The van der Waals surface area contributed by atoms with E-state index in [-0.39, 0.29) is 17.8 Å². The minimum Gasteiger partial charge on any atom is -0.481 e. The number of hydrogen-bond donors (Lipinski definition) is 2. The van der Waals surface area contributed by atoms with Gasteiger partial charge in [0.05, 0.1) is 23.2 Å². The number of alkyl halides is 3. The van der Waals surface area contributed by atoms with Crippen LogP contribution < -0.4 is 5.32 Å². The summed E-state index contributed by atoms with van der Waals surface area (Å²) in [4.78, 5) is 23.3. The maximum absolute atomic E-state index is 12.8. The highest BCUT2D eigenvalue weighted by atomic mass is 19.4. The first-order chi connectivity index (χ1) is 12.2. The summed E-state index contributed by atoms with van der Waals surface area (Å²) >= 11 is 0. The molecular weight excluding hydrogens is 351 g/mol. The molecule has 1 aliphatic carbocycles. The van der Waals surface area contributed by atoms with Crippen molar-refractivity contribution >= 4 is 11.9 Å². The van der Waals surface area contributed by atoms with Gasteiger partial charge in [0.2, 0.25) is 0 Å².